The zero-order valence-corrected chi connectivity index (χ0v) is 12.3. The normalized spacial score (nSPS) is 10.7. The van der Waals surface area contributed by atoms with Crippen molar-refractivity contribution in [2.24, 2.45) is 0 Å². The van der Waals surface area contributed by atoms with Crippen molar-refractivity contribution in [3.05, 3.63) is 52.2 Å². The summed E-state index contributed by atoms with van der Waals surface area (Å²) in [5.41, 5.74) is 1.37. The van der Waals surface area contributed by atoms with Crippen LogP contribution in [-0.2, 0) is 12.3 Å². The molecule has 96 valence electrons. The van der Waals surface area contributed by atoms with E-state index in [9.17, 15) is 0 Å². The van der Waals surface area contributed by atoms with E-state index >= 15 is 0 Å². The van der Waals surface area contributed by atoms with Gasteiger partial charge in [-0.2, -0.15) is 0 Å². The first-order valence-electron chi connectivity index (χ1n) is 6.33. The fraction of sp³-hybridized carbons (Fsp3) is 0.333. The number of benzene rings is 1. The maximum absolute atomic E-state index is 3.44. The molecule has 0 saturated carbocycles. The molecule has 1 N–H and O–H groups in total. The van der Waals surface area contributed by atoms with E-state index in [0.717, 1.165) is 18.8 Å². The Morgan fingerprint density at radius 1 is 1.22 bits per heavy atom. The van der Waals surface area contributed by atoms with Gasteiger partial charge >= 0.3 is 0 Å². The molecule has 0 fully saturated rings. The van der Waals surface area contributed by atoms with E-state index in [1.54, 1.807) is 0 Å². The molecule has 0 spiro atoms. The lowest BCUT2D eigenvalue weighted by Gasteiger charge is -2.06. The van der Waals surface area contributed by atoms with Crippen molar-refractivity contribution < 1.29 is 0 Å². The average Bonchev–Trinajstić information content (AvgIpc) is 2.90. The lowest BCUT2D eigenvalue weighted by Crippen LogP contribution is -2.13. The van der Waals surface area contributed by atoms with Gasteiger partial charge in [-0.25, -0.2) is 0 Å². The molecule has 0 bridgehead atoms. The van der Waals surface area contributed by atoms with Crippen LogP contribution in [-0.4, -0.2) is 6.54 Å². The molecular weight excluding hydrogens is 258 g/mol. The third kappa shape index (κ3) is 4.48. The molecule has 3 heteroatoms. The molecule has 1 aromatic carbocycles. The molecule has 0 aliphatic rings. The summed E-state index contributed by atoms with van der Waals surface area (Å²) >= 11 is 3.74. The Morgan fingerprint density at radius 2 is 2.17 bits per heavy atom. The van der Waals surface area contributed by atoms with Crippen LogP contribution >= 0.6 is 23.1 Å². The van der Waals surface area contributed by atoms with Gasteiger partial charge in [0.25, 0.3) is 0 Å². The summed E-state index contributed by atoms with van der Waals surface area (Å²) in [4.78, 5) is 2.80. The summed E-state index contributed by atoms with van der Waals surface area (Å²) in [5, 5.41) is 5.58. The van der Waals surface area contributed by atoms with Crippen LogP contribution in [0.4, 0.5) is 0 Å². The van der Waals surface area contributed by atoms with Crippen LogP contribution in [0, 0.1) is 0 Å². The number of nitrogens with one attached hydrogen (secondary N) is 1. The first kappa shape index (κ1) is 13.7. The monoisotopic (exact) mass is 277 g/mol. The van der Waals surface area contributed by atoms with Crippen LogP contribution in [0.5, 0.6) is 0 Å². The minimum Gasteiger partial charge on any atom is -0.313 e. The third-order valence-corrected chi connectivity index (χ3v) is 4.72. The van der Waals surface area contributed by atoms with Crippen molar-refractivity contribution in [2.45, 2.75) is 30.5 Å². The van der Waals surface area contributed by atoms with Crippen LogP contribution in [0.3, 0.4) is 0 Å². The van der Waals surface area contributed by atoms with E-state index in [4.69, 9.17) is 0 Å². The fourth-order valence-corrected chi connectivity index (χ4v) is 3.46. The number of hydrogen-bond acceptors (Lipinski definition) is 3. The highest BCUT2D eigenvalue weighted by molar-refractivity contribution is 7.98. The molecule has 0 amide bonds. The van der Waals surface area contributed by atoms with Crippen LogP contribution < -0.4 is 5.32 Å². The Labute approximate surface area is 118 Å². The van der Waals surface area contributed by atoms with Crippen molar-refractivity contribution >= 4 is 23.1 Å². The standard InChI is InChI=1S/C15H19NS2/c1-2-8-16-11-13-5-3-6-14(10-13)18-12-15-7-4-9-17-15/h3-7,9-10,16H,2,8,11-12H2,1H3. The van der Waals surface area contributed by atoms with Gasteiger partial charge in [0.05, 0.1) is 0 Å². The molecule has 0 unspecified atom stereocenters. The fourth-order valence-electron chi connectivity index (χ4n) is 1.70. The molecule has 0 aliphatic carbocycles. The maximum atomic E-state index is 3.44. The smallest absolute Gasteiger partial charge is 0.0326 e. The van der Waals surface area contributed by atoms with Gasteiger partial charge in [0.15, 0.2) is 0 Å². The highest BCUT2D eigenvalue weighted by Crippen LogP contribution is 2.25. The van der Waals surface area contributed by atoms with Gasteiger partial charge in [0.1, 0.15) is 0 Å². The second-order valence-corrected chi connectivity index (χ2v) is 6.27. The van der Waals surface area contributed by atoms with Crippen LogP contribution in [0.15, 0.2) is 46.7 Å². The Hall–Kier alpha value is -0.770. The molecule has 2 rings (SSSR count). The lowest BCUT2D eigenvalue weighted by molar-refractivity contribution is 0.674. The second kappa shape index (κ2) is 7.62. The van der Waals surface area contributed by atoms with Gasteiger partial charge < -0.3 is 5.32 Å². The molecule has 0 saturated heterocycles. The Morgan fingerprint density at radius 3 is 2.94 bits per heavy atom. The summed E-state index contributed by atoms with van der Waals surface area (Å²) in [6.07, 6.45) is 1.19. The van der Waals surface area contributed by atoms with E-state index in [0.29, 0.717) is 0 Å². The quantitative estimate of drug-likeness (QED) is 0.589. The molecule has 1 heterocycles. The Balaban J connectivity index is 1.86. The van der Waals surface area contributed by atoms with E-state index in [2.05, 4.69) is 54.0 Å². The van der Waals surface area contributed by atoms with Crippen LogP contribution in [0.2, 0.25) is 0 Å². The van der Waals surface area contributed by atoms with Gasteiger partial charge in [-0.05, 0) is 42.1 Å². The summed E-state index contributed by atoms with van der Waals surface area (Å²) in [6, 6.07) is 13.1. The Bertz CT molecular complexity index is 451. The van der Waals surface area contributed by atoms with E-state index in [1.165, 1.54) is 21.8 Å². The third-order valence-electron chi connectivity index (χ3n) is 2.62. The first-order valence-corrected chi connectivity index (χ1v) is 8.20. The van der Waals surface area contributed by atoms with Gasteiger partial charge in [0.2, 0.25) is 0 Å². The second-order valence-electron chi connectivity index (χ2n) is 4.19. The number of thioether (sulfide) groups is 1. The van der Waals surface area contributed by atoms with Crippen molar-refractivity contribution in [1.29, 1.82) is 0 Å². The molecule has 0 atom stereocenters. The van der Waals surface area contributed by atoms with Crippen molar-refractivity contribution in [3.63, 3.8) is 0 Å². The van der Waals surface area contributed by atoms with E-state index in [-0.39, 0.29) is 0 Å². The van der Waals surface area contributed by atoms with Crippen LogP contribution in [0.25, 0.3) is 0 Å². The minimum absolute atomic E-state index is 0.973. The largest absolute Gasteiger partial charge is 0.313 e. The topological polar surface area (TPSA) is 12.0 Å². The van der Waals surface area contributed by atoms with Crippen molar-refractivity contribution in [2.75, 3.05) is 6.54 Å². The molecular formula is C15H19NS2. The van der Waals surface area contributed by atoms with Crippen molar-refractivity contribution in [1.82, 2.24) is 5.32 Å². The molecule has 18 heavy (non-hydrogen) atoms. The summed E-state index contributed by atoms with van der Waals surface area (Å²) in [5.74, 6) is 1.07. The zero-order valence-electron chi connectivity index (χ0n) is 10.7. The van der Waals surface area contributed by atoms with E-state index in [1.807, 2.05) is 23.1 Å². The number of rotatable bonds is 7. The number of thiophene rings is 1. The summed E-state index contributed by atoms with van der Waals surface area (Å²) in [6.45, 7) is 4.26. The summed E-state index contributed by atoms with van der Waals surface area (Å²) < 4.78 is 0. The average molecular weight is 277 g/mol. The lowest BCUT2D eigenvalue weighted by atomic mass is 10.2. The van der Waals surface area contributed by atoms with Crippen molar-refractivity contribution in [3.8, 4) is 0 Å². The SMILES string of the molecule is CCCNCc1cccc(SCc2cccs2)c1. The van der Waals surface area contributed by atoms with Gasteiger partial charge in [0, 0.05) is 22.1 Å². The summed E-state index contributed by atoms with van der Waals surface area (Å²) in [7, 11) is 0. The predicted octanol–water partition coefficient (Wildman–Crippen LogP) is 4.54. The Kier molecular flexibility index (Phi) is 5.78. The van der Waals surface area contributed by atoms with Gasteiger partial charge in [-0.15, -0.1) is 23.1 Å². The highest BCUT2D eigenvalue weighted by atomic mass is 32.2. The first-order chi connectivity index (χ1) is 8.88. The predicted molar refractivity (Wildman–Crippen MR) is 82.3 cm³/mol. The van der Waals surface area contributed by atoms with Gasteiger partial charge in [-0.3, -0.25) is 0 Å². The number of hydrogen-bond donors (Lipinski definition) is 1. The molecule has 2 aromatic rings. The molecule has 1 nitrogen and oxygen atoms in total. The maximum Gasteiger partial charge on any atom is 0.0326 e. The molecule has 0 radical (unpaired) electrons. The van der Waals surface area contributed by atoms with Crippen LogP contribution in [0.1, 0.15) is 23.8 Å². The van der Waals surface area contributed by atoms with E-state index < -0.39 is 0 Å². The molecule has 0 aliphatic heterocycles. The highest BCUT2D eigenvalue weighted by Gasteiger charge is 1.99. The van der Waals surface area contributed by atoms with Gasteiger partial charge in [-0.1, -0.05) is 25.1 Å². The minimum atomic E-state index is 0.973. The molecule has 1 aromatic heterocycles. The zero-order chi connectivity index (χ0) is 12.6.